The number of carboxylic acids is 2. The first-order valence-electron chi connectivity index (χ1n) is 10.1. The lowest BCUT2D eigenvalue weighted by Gasteiger charge is -2.37. The van der Waals surface area contributed by atoms with Crippen LogP contribution in [0.2, 0.25) is 0 Å². The van der Waals surface area contributed by atoms with Crippen LogP contribution in [0.3, 0.4) is 0 Å². The SMILES string of the molecule is O=C(O)Cn1cc([C@@H](C(=O)O)N2CCN(S(=O)(=O)c3ccccc3)CC2)c2ccccc21. The fraction of sp³-hybridized carbons (Fsp3) is 0.273. The summed E-state index contributed by atoms with van der Waals surface area (Å²) in [6.07, 6.45) is 1.57. The van der Waals surface area contributed by atoms with Crippen molar-refractivity contribution in [2.75, 3.05) is 26.2 Å². The van der Waals surface area contributed by atoms with E-state index in [4.69, 9.17) is 0 Å². The number of hydrogen-bond donors (Lipinski definition) is 2. The minimum Gasteiger partial charge on any atom is -0.480 e. The van der Waals surface area contributed by atoms with Crippen LogP contribution < -0.4 is 0 Å². The third kappa shape index (κ3) is 4.12. The van der Waals surface area contributed by atoms with E-state index in [1.54, 1.807) is 65.7 Å². The number of sulfonamides is 1. The summed E-state index contributed by atoms with van der Waals surface area (Å²) >= 11 is 0. The first kappa shape index (κ1) is 22.0. The molecule has 0 spiro atoms. The van der Waals surface area contributed by atoms with Crippen LogP contribution in [0.1, 0.15) is 11.6 Å². The molecule has 4 rings (SSSR count). The predicted octanol–water partition coefficient (Wildman–Crippen LogP) is 1.86. The molecule has 0 radical (unpaired) electrons. The van der Waals surface area contributed by atoms with E-state index < -0.39 is 28.0 Å². The Balaban J connectivity index is 1.61. The minimum absolute atomic E-state index is 0.161. The number of carbonyl (C=O) groups is 2. The lowest BCUT2D eigenvalue weighted by Crippen LogP contribution is -2.50. The van der Waals surface area contributed by atoms with Crippen LogP contribution in [0.15, 0.2) is 65.7 Å². The zero-order valence-electron chi connectivity index (χ0n) is 17.2. The average Bonchev–Trinajstić information content (AvgIpc) is 3.12. The van der Waals surface area contributed by atoms with Crippen LogP contribution in [0, 0.1) is 0 Å². The van der Waals surface area contributed by atoms with Gasteiger partial charge in [0.15, 0.2) is 0 Å². The molecule has 32 heavy (non-hydrogen) atoms. The van der Waals surface area contributed by atoms with Crippen LogP contribution in [0.5, 0.6) is 0 Å². The second kappa shape index (κ2) is 8.73. The zero-order chi connectivity index (χ0) is 22.9. The molecular formula is C22H23N3O6S. The Kier molecular flexibility index (Phi) is 6.00. The molecule has 0 amide bonds. The Morgan fingerprint density at radius 1 is 0.906 bits per heavy atom. The fourth-order valence-electron chi connectivity index (χ4n) is 4.20. The Morgan fingerprint density at radius 2 is 1.53 bits per heavy atom. The number of nitrogens with zero attached hydrogens (tertiary/aromatic N) is 3. The third-order valence-corrected chi connectivity index (χ3v) is 7.59. The van der Waals surface area contributed by atoms with Crippen molar-refractivity contribution in [2.24, 2.45) is 0 Å². The second-order valence-corrected chi connectivity index (χ2v) is 9.56. The number of aromatic nitrogens is 1. The lowest BCUT2D eigenvalue weighted by molar-refractivity contribution is -0.144. The second-order valence-electron chi connectivity index (χ2n) is 7.62. The summed E-state index contributed by atoms with van der Waals surface area (Å²) in [5, 5.41) is 19.9. The first-order chi connectivity index (χ1) is 15.3. The maximum Gasteiger partial charge on any atom is 0.325 e. The van der Waals surface area contributed by atoms with Crippen molar-refractivity contribution in [3.63, 3.8) is 0 Å². The molecule has 10 heteroatoms. The van der Waals surface area contributed by atoms with Gasteiger partial charge in [0.2, 0.25) is 10.0 Å². The number of para-hydroxylation sites is 1. The molecule has 1 atom stereocenters. The van der Waals surface area contributed by atoms with Gasteiger partial charge in [0.05, 0.1) is 4.90 Å². The number of piperazine rings is 1. The van der Waals surface area contributed by atoms with Crippen molar-refractivity contribution in [1.82, 2.24) is 13.8 Å². The van der Waals surface area contributed by atoms with Crippen molar-refractivity contribution in [1.29, 1.82) is 0 Å². The highest BCUT2D eigenvalue weighted by Gasteiger charge is 2.35. The molecule has 9 nitrogen and oxygen atoms in total. The summed E-state index contributed by atoms with van der Waals surface area (Å²) in [4.78, 5) is 25.5. The Bertz CT molecular complexity index is 1250. The number of rotatable bonds is 7. The van der Waals surface area contributed by atoms with Gasteiger partial charge in [-0.25, -0.2) is 8.42 Å². The zero-order valence-corrected chi connectivity index (χ0v) is 18.0. The summed E-state index contributed by atoms with van der Waals surface area (Å²) in [5.41, 5.74) is 1.13. The number of hydrogen-bond acceptors (Lipinski definition) is 5. The molecule has 168 valence electrons. The summed E-state index contributed by atoms with van der Waals surface area (Å²) in [5.74, 6) is -2.09. The number of fused-ring (bicyclic) bond motifs is 1. The molecule has 1 aliphatic rings. The smallest absolute Gasteiger partial charge is 0.325 e. The van der Waals surface area contributed by atoms with Crippen LogP contribution in [0.25, 0.3) is 10.9 Å². The molecular weight excluding hydrogens is 434 g/mol. The molecule has 1 fully saturated rings. The maximum absolute atomic E-state index is 12.9. The molecule has 2 N–H and O–H groups in total. The number of benzene rings is 2. The van der Waals surface area contributed by atoms with Crippen molar-refractivity contribution < 1.29 is 28.2 Å². The average molecular weight is 458 g/mol. The molecule has 0 bridgehead atoms. The molecule has 0 unspecified atom stereocenters. The highest BCUT2D eigenvalue weighted by atomic mass is 32.2. The van der Waals surface area contributed by atoms with Gasteiger partial charge in [-0.05, 0) is 18.2 Å². The van der Waals surface area contributed by atoms with E-state index in [1.807, 2.05) is 0 Å². The topological polar surface area (TPSA) is 120 Å². The van der Waals surface area contributed by atoms with Crippen molar-refractivity contribution >= 4 is 32.9 Å². The quantitative estimate of drug-likeness (QED) is 0.556. The monoisotopic (exact) mass is 457 g/mol. The van der Waals surface area contributed by atoms with Gasteiger partial charge in [-0.3, -0.25) is 14.5 Å². The van der Waals surface area contributed by atoms with Gasteiger partial charge in [-0.1, -0.05) is 36.4 Å². The molecule has 0 saturated carbocycles. The van der Waals surface area contributed by atoms with Gasteiger partial charge in [0.1, 0.15) is 12.6 Å². The lowest BCUT2D eigenvalue weighted by atomic mass is 10.0. The fourth-order valence-corrected chi connectivity index (χ4v) is 5.64. The van der Waals surface area contributed by atoms with Gasteiger partial charge in [-0.15, -0.1) is 0 Å². The third-order valence-electron chi connectivity index (χ3n) is 5.67. The Morgan fingerprint density at radius 3 is 2.16 bits per heavy atom. The molecule has 2 aromatic carbocycles. The normalized spacial score (nSPS) is 16.8. The van der Waals surface area contributed by atoms with Gasteiger partial charge >= 0.3 is 11.9 Å². The Hall–Kier alpha value is -3.21. The van der Waals surface area contributed by atoms with E-state index in [0.717, 1.165) is 0 Å². The van der Waals surface area contributed by atoms with Crippen LogP contribution in [-0.4, -0.2) is 70.5 Å². The van der Waals surface area contributed by atoms with Gasteiger partial charge in [0.25, 0.3) is 0 Å². The summed E-state index contributed by atoms with van der Waals surface area (Å²) in [7, 11) is -3.65. The molecule has 1 aromatic heterocycles. The maximum atomic E-state index is 12.9. The van der Waals surface area contributed by atoms with Gasteiger partial charge in [-0.2, -0.15) is 4.31 Å². The summed E-state index contributed by atoms with van der Waals surface area (Å²) in [6, 6.07) is 14.2. The van der Waals surface area contributed by atoms with E-state index in [1.165, 1.54) is 8.87 Å². The number of aliphatic carboxylic acids is 2. The van der Waals surface area contributed by atoms with E-state index in [0.29, 0.717) is 16.5 Å². The van der Waals surface area contributed by atoms with Crippen molar-refractivity contribution in [3.05, 3.63) is 66.4 Å². The minimum atomic E-state index is -3.65. The molecule has 0 aliphatic carbocycles. The van der Waals surface area contributed by atoms with E-state index >= 15 is 0 Å². The van der Waals surface area contributed by atoms with Crippen LogP contribution in [-0.2, 0) is 26.2 Å². The molecule has 1 aliphatic heterocycles. The molecule has 3 aromatic rings. The predicted molar refractivity (Wildman–Crippen MR) is 117 cm³/mol. The van der Waals surface area contributed by atoms with Crippen LogP contribution >= 0.6 is 0 Å². The highest BCUT2D eigenvalue weighted by Crippen LogP contribution is 2.32. The van der Waals surface area contributed by atoms with E-state index in [-0.39, 0.29) is 37.6 Å². The Labute approximate surface area is 185 Å². The van der Waals surface area contributed by atoms with E-state index in [2.05, 4.69) is 0 Å². The van der Waals surface area contributed by atoms with Crippen LogP contribution in [0.4, 0.5) is 0 Å². The highest BCUT2D eigenvalue weighted by molar-refractivity contribution is 7.89. The van der Waals surface area contributed by atoms with Gasteiger partial charge < -0.3 is 14.8 Å². The largest absolute Gasteiger partial charge is 0.480 e. The van der Waals surface area contributed by atoms with Crippen molar-refractivity contribution in [2.45, 2.75) is 17.5 Å². The van der Waals surface area contributed by atoms with Crippen molar-refractivity contribution in [3.8, 4) is 0 Å². The molecule has 2 heterocycles. The molecule has 1 saturated heterocycles. The summed E-state index contributed by atoms with van der Waals surface area (Å²) in [6.45, 7) is 0.516. The van der Waals surface area contributed by atoms with E-state index in [9.17, 15) is 28.2 Å². The number of carboxylic acid groups (broad SMARTS) is 2. The summed E-state index contributed by atoms with van der Waals surface area (Å²) < 4.78 is 28.7. The standard InChI is InChI=1S/C22H23N3O6S/c26-20(27)15-24-14-18(17-8-4-5-9-19(17)24)21(22(28)29)23-10-12-25(13-11-23)32(30,31)16-6-2-1-3-7-16/h1-9,14,21H,10-13,15H2,(H,26,27)(H,28,29)/t21-/m0/s1. The van der Waals surface area contributed by atoms with Gasteiger partial charge in [0, 0.05) is 48.8 Å². The first-order valence-corrected chi connectivity index (χ1v) is 11.5.